The van der Waals surface area contributed by atoms with Gasteiger partial charge in [0.05, 0.1) is 11.6 Å². The van der Waals surface area contributed by atoms with Crippen LogP contribution < -0.4 is 4.74 Å². The second-order valence-electron chi connectivity index (χ2n) is 3.47. The number of carboxylic acid groups (broad SMARTS) is 1. The SMILES string of the molecule is COCCCCOc1cccc(Cl)c1C(=O)O. The molecule has 0 radical (unpaired) electrons. The highest BCUT2D eigenvalue weighted by atomic mass is 35.5. The summed E-state index contributed by atoms with van der Waals surface area (Å²) in [6.07, 6.45) is 1.68. The van der Waals surface area contributed by atoms with E-state index >= 15 is 0 Å². The van der Waals surface area contributed by atoms with Crippen molar-refractivity contribution < 1.29 is 19.4 Å². The molecule has 17 heavy (non-hydrogen) atoms. The van der Waals surface area contributed by atoms with Gasteiger partial charge in [0.15, 0.2) is 0 Å². The smallest absolute Gasteiger partial charge is 0.341 e. The van der Waals surface area contributed by atoms with E-state index < -0.39 is 5.97 Å². The first kappa shape index (κ1) is 13.8. The summed E-state index contributed by atoms with van der Waals surface area (Å²) in [5.41, 5.74) is 0.0147. The summed E-state index contributed by atoms with van der Waals surface area (Å²) in [6, 6.07) is 4.80. The van der Waals surface area contributed by atoms with E-state index in [1.165, 1.54) is 6.07 Å². The summed E-state index contributed by atoms with van der Waals surface area (Å²) in [5, 5.41) is 9.19. The number of aromatic carboxylic acids is 1. The Balaban J connectivity index is 2.58. The molecule has 0 aromatic heterocycles. The Bertz CT molecular complexity index is 379. The van der Waals surface area contributed by atoms with Gasteiger partial charge in [0, 0.05) is 13.7 Å². The lowest BCUT2D eigenvalue weighted by molar-refractivity contribution is 0.0692. The van der Waals surface area contributed by atoms with Crippen molar-refractivity contribution in [3.63, 3.8) is 0 Å². The van der Waals surface area contributed by atoms with E-state index in [2.05, 4.69) is 0 Å². The highest BCUT2D eigenvalue weighted by Crippen LogP contribution is 2.26. The number of carbonyl (C=O) groups is 1. The molecule has 0 fully saturated rings. The molecule has 5 heteroatoms. The van der Waals surface area contributed by atoms with Crippen LogP contribution in [0.5, 0.6) is 5.75 Å². The Kier molecular flexibility index (Phi) is 5.80. The molecule has 1 N–H and O–H groups in total. The molecule has 0 aliphatic rings. The number of benzene rings is 1. The Labute approximate surface area is 105 Å². The van der Waals surface area contributed by atoms with Crippen molar-refractivity contribution in [3.8, 4) is 5.75 Å². The predicted octanol–water partition coefficient (Wildman–Crippen LogP) is 2.84. The minimum Gasteiger partial charge on any atom is -0.493 e. The number of carboxylic acids is 1. The van der Waals surface area contributed by atoms with Gasteiger partial charge in [-0.15, -0.1) is 0 Å². The van der Waals surface area contributed by atoms with Gasteiger partial charge in [-0.25, -0.2) is 4.79 Å². The molecule has 0 saturated carbocycles. The molecule has 0 atom stereocenters. The van der Waals surface area contributed by atoms with Crippen LogP contribution in [-0.2, 0) is 4.74 Å². The molecule has 1 rings (SSSR count). The Morgan fingerprint density at radius 2 is 2.06 bits per heavy atom. The van der Waals surface area contributed by atoms with Crippen molar-refractivity contribution in [2.45, 2.75) is 12.8 Å². The average molecular weight is 259 g/mol. The van der Waals surface area contributed by atoms with E-state index in [-0.39, 0.29) is 10.6 Å². The Morgan fingerprint density at radius 1 is 1.35 bits per heavy atom. The van der Waals surface area contributed by atoms with Gasteiger partial charge < -0.3 is 14.6 Å². The van der Waals surface area contributed by atoms with Crippen LogP contribution >= 0.6 is 11.6 Å². The normalized spacial score (nSPS) is 10.2. The number of hydrogen-bond donors (Lipinski definition) is 1. The van der Waals surface area contributed by atoms with Crippen LogP contribution in [0.15, 0.2) is 18.2 Å². The van der Waals surface area contributed by atoms with E-state index in [0.29, 0.717) is 19.0 Å². The maximum Gasteiger partial charge on any atom is 0.341 e. The fourth-order valence-corrected chi connectivity index (χ4v) is 1.61. The maximum absolute atomic E-state index is 11.0. The number of hydrogen-bond acceptors (Lipinski definition) is 3. The molecule has 1 aromatic carbocycles. The average Bonchev–Trinajstić information content (AvgIpc) is 2.28. The first-order valence-corrected chi connectivity index (χ1v) is 5.68. The van der Waals surface area contributed by atoms with Crippen LogP contribution in [0.4, 0.5) is 0 Å². The molecule has 0 amide bonds. The van der Waals surface area contributed by atoms with E-state index in [4.69, 9.17) is 26.2 Å². The van der Waals surface area contributed by atoms with Crippen molar-refractivity contribution in [1.29, 1.82) is 0 Å². The molecule has 0 aliphatic carbocycles. The molecule has 0 heterocycles. The van der Waals surface area contributed by atoms with Crippen molar-refractivity contribution >= 4 is 17.6 Å². The molecule has 4 nitrogen and oxygen atoms in total. The standard InChI is InChI=1S/C12H15ClO4/c1-16-7-2-3-8-17-10-6-4-5-9(13)11(10)12(14)15/h4-6H,2-3,7-8H2,1H3,(H,14,15). The summed E-state index contributed by atoms with van der Waals surface area (Å²) >= 11 is 5.81. The maximum atomic E-state index is 11.0. The first-order chi connectivity index (χ1) is 8.16. The second-order valence-corrected chi connectivity index (χ2v) is 3.87. The molecular formula is C12H15ClO4. The molecule has 0 spiro atoms. The highest BCUT2D eigenvalue weighted by Gasteiger charge is 2.15. The van der Waals surface area contributed by atoms with Gasteiger partial charge in [-0.05, 0) is 25.0 Å². The van der Waals surface area contributed by atoms with E-state index in [1.807, 2.05) is 0 Å². The van der Waals surface area contributed by atoms with E-state index in [9.17, 15) is 4.79 Å². The molecule has 0 saturated heterocycles. The van der Waals surface area contributed by atoms with Crippen LogP contribution in [0, 0.1) is 0 Å². The lowest BCUT2D eigenvalue weighted by atomic mass is 10.2. The lowest BCUT2D eigenvalue weighted by Crippen LogP contribution is -2.05. The van der Waals surface area contributed by atoms with E-state index in [1.54, 1.807) is 19.2 Å². The van der Waals surface area contributed by atoms with Gasteiger partial charge in [0.2, 0.25) is 0 Å². The first-order valence-electron chi connectivity index (χ1n) is 5.30. The van der Waals surface area contributed by atoms with Crippen molar-refractivity contribution in [1.82, 2.24) is 0 Å². The van der Waals surface area contributed by atoms with Crippen molar-refractivity contribution in [3.05, 3.63) is 28.8 Å². The zero-order valence-electron chi connectivity index (χ0n) is 9.61. The predicted molar refractivity (Wildman–Crippen MR) is 65.0 cm³/mol. The minimum absolute atomic E-state index is 0.0147. The topological polar surface area (TPSA) is 55.8 Å². The summed E-state index contributed by atoms with van der Waals surface area (Å²) in [4.78, 5) is 11.0. The van der Waals surface area contributed by atoms with Crippen LogP contribution in [0.3, 0.4) is 0 Å². The van der Waals surface area contributed by atoms with Crippen LogP contribution in [0.1, 0.15) is 23.2 Å². The van der Waals surface area contributed by atoms with Crippen LogP contribution in [0.2, 0.25) is 5.02 Å². The number of unbranched alkanes of at least 4 members (excludes halogenated alkanes) is 1. The summed E-state index contributed by atoms with van der Waals surface area (Å²) in [7, 11) is 1.64. The van der Waals surface area contributed by atoms with E-state index in [0.717, 1.165) is 12.8 Å². The van der Waals surface area contributed by atoms with Gasteiger partial charge in [-0.1, -0.05) is 17.7 Å². The van der Waals surface area contributed by atoms with Gasteiger partial charge in [0.25, 0.3) is 0 Å². The largest absolute Gasteiger partial charge is 0.493 e. The monoisotopic (exact) mass is 258 g/mol. The van der Waals surface area contributed by atoms with Crippen molar-refractivity contribution in [2.75, 3.05) is 20.3 Å². The third-order valence-electron chi connectivity index (χ3n) is 2.19. The Hall–Kier alpha value is -1.26. The molecule has 0 unspecified atom stereocenters. The zero-order chi connectivity index (χ0) is 12.7. The third kappa shape index (κ3) is 4.24. The van der Waals surface area contributed by atoms with Gasteiger partial charge in [0.1, 0.15) is 11.3 Å². The molecule has 0 bridgehead atoms. The Morgan fingerprint density at radius 3 is 2.71 bits per heavy atom. The molecule has 1 aromatic rings. The van der Waals surface area contributed by atoms with Crippen molar-refractivity contribution in [2.24, 2.45) is 0 Å². The fourth-order valence-electron chi connectivity index (χ4n) is 1.36. The fraction of sp³-hybridized carbons (Fsp3) is 0.417. The molecule has 0 aliphatic heterocycles. The summed E-state index contributed by atoms with van der Waals surface area (Å²) in [6.45, 7) is 1.12. The quantitative estimate of drug-likeness (QED) is 0.764. The highest BCUT2D eigenvalue weighted by molar-refractivity contribution is 6.33. The summed E-state index contributed by atoms with van der Waals surface area (Å²) in [5.74, 6) is -0.773. The summed E-state index contributed by atoms with van der Waals surface area (Å²) < 4.78 is 10.3. The van der Waals surface area contributed by atoms with Crippen LogP contribution in [-0.4, -0.2) is 31.4 Å². The second kappa shape index (κ2) is 7.14. The zero-order valence-corrected chi connectivity index (χ0v) is 10.4. The lowest BCUT2D eigenvalue weighted by Gasteiger charge is -2.09. The molecule has 94 valence electrons. The third-order valence-corrected chi connectivity index (χ3v) is 2.50. The van der Waals surface area contributed by atoms with Gasteiger partial charge >= 0.3 is 5.97 Å². The number of methoxy groups -OCH3 is 1. The van der Waals surface area contributed by atoms with Gasteiger partial charge in [-0.2, -0.15) is 0 Å². The number of halogens is 1. The molecular weight excluding hydrogens is 244 g/mol. The minimum atomic E-state index is -1.08. The van der Waals surface area contributed by atoms with Crippen LogP contribution in [0.25, 0.3) is 0 Å². The van der Waals surface area contributed by atoms with Gasteiger partial charge in [-0.3, -0.25) is 0 Å². The number of ether oxygens (including phenoxy) is 2. The number of rotatable bonds is 7.